The fraction of sp³-hybridized carbons (Fsp3) is 0.579. The van der Waals surface area contributed by atoms with Crippen molar-refractivity contribution in [2.24, 2.45) is 5.41 Å². The molecular formula is C38H58N4O6. The van der Waals surface area contributed by atoms with E-state index >= 15 is 0 Å². The van der Waals surface area contributed by atoms with Crippen molar-refractivity contribution in [3.63, 3.8) is 0 Å². The summed E-state index contributed by atoms with van der Waals surface area (Å²) in [6, 6.07) is 9.90. The van der Waals surface area contributed by atoms with Gasteiger partial charge in [-0.25, -0.2) is 0 Å². The second-order valence-corrected chi connectivity index (χ2v) is 12.7. The van der Waals surface area contributed by atoms with E-state index in [1.54, 1.807) is 24.3 Å². The highest BCUT2D eigenvalue weighted by atomic mass is 16.3. The van der Waals surface area contributed by atoms with E-state index in [2.05, 4.69) is 42.5 Å². The molecule has 2 aromatic rings. The Bertz CT molecular complexity index is 1240. The third-order valence-corrected chi connectivity index (χ3v) is 8.91. The molecule has 0 spiro atoms. The zero-order valence-electron chi connectivity index (χ0n) is 29.5. The number of benzene rings is 2. The fourth-order valence-corrected chi connectivity index (χ4v) is 6.00. The van der Waals surface area contributed by atoms with Gasteiger partial charge in [0.1, 0.15) is 16.9 Å². The lowest BCUT2D eigenvalue weighted by molar-refractivity contribution is -0.146. The number of phenolic OH excluding ortho intramolecular Hbond substituents is 2. The van der Waals surface area contributed by atoms with Crippen LogP contribution in [0.15, 0.2) is 36.4 Å². The first-order chi connectivity index (χ1) is 23.2. The van der Waals surface area contributed by atoms with E-state index in [4.69, 9.17) is 0 Å². The smallest absolute Gasteiger partial charge is 0.273 e. The summed E-state index contributed by atoms with van der Waals surface area (Å²) >= 11 is 0. The fourth-order valence-electron chi connectivity index (χ4n) is 6.00. The molecule has 0 saturated carbocycles. The molecule has 0 aliphatic rings. The zero-order valence-corrected chi connectivity index (χ0v) is 29.5. The SMILES string of the molecule is CCCCCCc1cccc(C(=O)NNC(=O)C(CCC)(CCCCCC)C(=O)NNC(=O)c2cccc(CCCCCC)c2O)c1O. The van der Waals surface area contributed by atoms with Crippen LogP contribution in [0.25, 0.3) is 0 Å². The van der Waals surface area contributed by atoms with Crippen molar-refractivity contribution in [1.29, 1.82) is 0 Å². The second-order valence-electron chi connectivity index (χ2n) is 12.7. The average molecular weight is 667 g/mol. The minimum absolute atomic E-state index is 0.0245. The Morgan fingerprint density at radius 2 is 0.938 bits per heavy atom. The molecule has 10 heteroatoms. The van der Waals surface area contributed by atoms with Crippen LogP contribution in [0.1, 0.15) is 156 Å². The number of hydrazine groups is 2. The number of carbonyl (C=O) groups is 4. The van der Waals surface area contributed by atoms with Gasteiger partial charge in [0.2, 0.25) is 0 Å². The predicted octanol–water partition coefficient (Wildman–Crippen LogP) is 7.32. The van der Waals surface area contributed by atoms with Gasteiger partial charge in [-0.2, -0.15) is 0 Å². The summed E-state index contributed by atoms with van der Waals surface area (Å²) in [7, 11) is 0. The molecule has 0 radical (unpaired) electrons. The first-order valence-electron chi connectivity index (χ1n) is 18.0. The Kier molecular flexibility index (Phi) is 18.1. The molecule has 0 fully saturated rings. The molecule has 0 aliphatic carbocycles. The third-order valence-electron chi connectivity index (χ3n) is 8.91. The van der Waals surface area contributed by atoms with Crippen LogP contribution in [0.5, 0.6) is 11.5 Å². The van der Waals surface area contributed by atoms with Crippen LogP contribution in [0, 0.1) is 5.41 Å². The van der Waals surface area contributed by atoms with Crippen LogP contribution in [-0.2, 0) is 22.4 Å². The van der Waals surface area contributed by atoms with Gasteiger partial charge in [0.15, 0.2) is 0 Å². The maximum atomic E-state index is 13.8. The topological polar surface area (TPSA) is 157 Å². The van der Waals surface area contributed by atoms with Crippen LogP contribution in [-0.4, -0.2) is 33.8 Å². The molecule has 2 rings (SSSR count). The highest BCUT2D eigenvalue weighted by Gasteiger charge is 2.45. The second kappa shape index (κ2) is 21.7. The Balaban J connectivity index is 2.20. The molecule has 0 saturated heterocycles. The molecule has 4 amide bonds. The van der Waals surface area contributed by atoms with Crippen molar-refractivity contribution in [3.05, 3.63) is 58.7 Å². The van der Waals surface area contributed by atoms with E-state index in [0.717, 1.165) is 70.6 Å². The van der Waals surface area contributed by atoms with E-state index in [9.17, 15) is 29.4 Å². The van der Waals surface area contributed by atoms with Gasteiger partial charge in [-0.1, -0.05) is 123 Å². The summed E-state index contributed by atoms with van der Waals surface area (Å²) in [4.78, 5) is 53.8. The number of para-hydroxylation sites is 2. The maximum absolute atomic E-state index is 13.8. The van der Waals surface area contributed by atoms with E-state index in [1.807, 2.05) is 6.92 Å². The van der Waals surface area contributed by atoms with Crippen molar-refractivity contribution in [2.45, 2.75) is 137 Å². The van der Waals surface area contributed by atoms with Crippen molar-refractivity contribution >= 4 is 23.6 Å². The lowest BCUT2D eigenvalue weighted by Crippen LogP contribution is -2.58. The molecule has 0 unspecified atom stereocenters. The van der Waals surface area contributed by atoms with Crippen molar-refractivity contribution in [1.82, 2.24) is 21.7 Å². The summed E-state index contributed by atoms with van der Waals surface area (Å²) in [6.45, 7) is 8.17. The number of hydrogen-bond donors (Lipinski definition) is 6. The van der Waals surface area contributed by atoms with E-state index in [1.165, 1.54) is 12.1 Å². The summed E-state index contributed by atoms with van der Waals surface area (Å²) < 4.78 is 0. The Hall–Kier alpha value is -4.08. The number of aryl methyl sites for hydroxylation is 2. The van der Waals surface area contributed by atoms with Crippen LogP contribution in [0.2, 0.25) is 0 Å². The van der Waals surface area contributed by atoms with Crippen LogP contribution < -0.4 is 21.7 Å². The number of aromatic hydroxyl groups is 2. The molecule has 0 aromatic heterocycles. The summed E-state index contributed by atoms with van der Waals surface area (Å²) in [5.74, 6) is -3.10. The molecule has 0 aliphatic heterocycles. The number of phenols is 2. The van der Waals surface area contributed by atoms with E-state index in [-0.39, 0.29) is 35.5 Å². The summed E-state index contributed by atoms with van der Waals surface area (Å²) in [5.41, 5.74) is 9.42. The number of carbonyl (C=O) groups excluding carboxylic acids is 4. The quantitative estimate of drug-likeness (QED) is 0.0466. The molecule has 10 nitrogen and oxygen atoms in total. The molecule has 0 bridgehead atoms. The lowest BCUT2D eigenvalue weighted by atomic mass is 9.77. The number of nitrogens with one attached hydrogen (secondary N) is 4. The zero-order chi connectivity index (χ0) is 35.4. The minimum Gasteiger partial charge on any atom is -0.507 e. The molecule has 0 atom stereocenters. The Morgan fingerprint density at radius 1 is 0.521 bits per heavy atom. The number of hydrogen-bond acceptors (Lipinski definition) is 6. The van der Waals surface area contributed by atoms with Crippen LogP contribution in [0.4, 0.5) is 0 Å². The van der Waals surface area contributed by atoms with Gasteiger partial charge >= 0.3 is 0 Å². The van der Waals surface area contributed by atoms with Crippen LogP contribution >= 0.6 is 0 Å². The Labute approximate surface area is 286 Å². The predicted molar refractivity (Wildman–Crippen MR) is 189 cm³/mol. The molecular weight excluding hydrogens is 608 g/mol. The maximum Gasteiger partial charge on any atom is 0.273 e. The molecule has 48 heavy (non-hydrogen) atoms. The minimum atomic E-state index is -1.60. The average Bonchev–Trinajstić information content (AvgIpc) is 3.08. The first kappa shape index (κ1) is 40.1. The van der Waals surface area contributed by atoms with Gasteiger partial charge in [0.25, 0.3) is 23.6 Å². The van der Waals surface area contributed by atoms with Gasteiger partial charge in [0, 0.05) is 0 Å². The molecule has 266 valence electrons. The number of unbranched alkanes of at least 4 members (excludes halogenated alkanes) is 9. The van der Waals surface area contributed by atoms with Gasteiger partial charge in [-0.15, -0.1) is 0 Å². The molecule has 6 N–H and O–H groups in total. The van der Waals surface area contributed by atoms with E-state index in [0.29, 0.717) is 36.8 Å². The number of amides is 4. The van der Waals surface area contributed by atoms with E-state index < -0.39 is 29.0 Å². The van der Waals surface area contributed by atoms with Crippen molar-refractivity contribution in [2.75, 3.05) is 0 Å². The van der Waals surface area contributed by atoms with Gasteiger partial charge < -0.3 is 10.2 Å². The molecule has 2 aromatic carbocycles. The van der Waals surface area contributed by atoms with Gasteiger partial charge in [-0.3, -0.25) is 40.9 Å². The van der Waals surface area contributed by atoms with Gasteiger partial charge in [-0.05, 0) is 61.8 Å². The first-order valence-corrected chi connectivity index (χ1v) is 18.0. The monoisotopic (exact) mass is 666 g/mol. The largest absolute Gasteiger partial charge is 0.507 e. The summed E-state index contributed by atoms with van der Waals surface area (Å²) in [5, 5.41) is 21.6. The lowest BCUT2D eigenvalue weighted by Gasteiger charge is -2.31. The third kappa shape index (κ3) is 11.9. The highest BCUT2D eigenvalue weighted by Crippen LogP contribution is 2.32. The summed E-state index contributed by atoms with van der Waals surface area (Å²) in [6.07, 6.45) is 13.6. The van der Waals surface area contributed by atoms with Crippen LogP contribution in [0.3, 0.4) is 0 Å². The normalized spacial score (nSPS) is 11.2. The van der Waals surface area contributed by atoms with Crippen molar-refractivity contribution < 1.29 is 29.4 Å². The Morgan fingerprint density at radius 3 is 1.33 bits per heavy atom. The molecule has 0 heterocycles. The number of rotatable bonds is 21. The van der Waals surface area contributed by atoms with Crippen molar-refractivity contribution in [3.8, 4) is 11.5 Å². The highest BCUT2D eigenvalue weighted by molar-refractivity contribution is 6.07. The van der Waals surface area contributed by atoms with Gasteiger partial charge in [0.05, 0.1) is 11.1 Å². The standard InChI is InChI=1S/C38H58N4O6/c1-5-9-12-15-20-28-22-18-24-30(32(28)43)34(45)39-41-36(47)38(26-8-4,27-17-14-11-7-3)37(48)42-40-35(46)31-25-19-23-29(33(31)44)21-16-13-10-6-2/h18-19,22-25,43-44H,5-17,20-21,26-27H2,1-4H3,(H,39,45)(H,40,46)(H,41,47)(H,42,48).